The van der Waals surface area contributed by atoms with Crippen molar-refractivity contribution in [1.29, 1.82) is 0 Å². The maximum atomic E-state index is 11.8. The normalized spacial score (nSPS) is 24.1. The van der Waals surface area contributed by atoms with Crippen molar-refractivity contribution in [3.8, 4) is 0 Å². The fourth-order valence-corrected chi connectivity index (χ4v) is 2.98. The summed E-state index contributed by atoms with van der Waals surface area (Å²) in [5.74, 6) is 0.579. The van der Waals surface area contributed by atoms with E-state index in [1.807, 2.05) is 20.8 Å². The van der Waals surface area contributed by atoms with Crippen LogP contribution in [0.15, 0.2) is 0 Å². The second-order valence-electron chi connectivity index (χ2n) is 7.87. The molecule has 130 valence electrons. The third-order valence-electron chi connectivity index (χ3n) is 3.90. The molecule has 0 aromatic carbocycles. The van der Waals surface area contributed by atoms with E-state index in [2.05, 4.69) is 24.5 Å². The average molecular weight is 314 g/mol. The van der Waals surface area contributed by atoms with Gasteiger partial charge in [0.15, 0.2) is 0 Å². The molecule has 5 nitrogen and oxygen atoms in total. The molecule has 0 spiro atoms. The van der Waals surface area contributed by atoms with Crippen molar-refractivity contribution in [3.63, 3.8) is 0 Å². The summed E-state index contributed by atoms with van der Waals surface area (Å²) in [6.45, 7) is 10.2. The van der Waals surface area contributed by atoms with Crippen LogP contribution in [0.1, 0.15) is 66.7 Å². The molecule has 1 aliphatic carbocycles. The quantitative estimate of drug-likeness (QED) is 0.705. The molecule has 1 amide bonds. The van der Waals surface area contributed by atoms with Gasteiger partial charge in [-0.05, 0) is 58.8 Å². The molecule has 3 N–H and O–H groups in total. The Morgan fingerprint density at radius 3 is 2.18 bits per heavy atom. The minimum absolute atomic E-state index is 0.181. The van der Waals surface area contributed by atoms with E-state index in [-0.39, 0.29) is 24.8 Å². The summed E-state index contributed by atoms with van der Waals surface area (Å²) >= 11 is 0. The van der Waals surface area contributed by atoms with E-state index in [0.717, 1.165) is 32.1 Å². The van der Waals surface area contributed by atoms with Gasteiger partial charge in [0.25, 0.3) is 0 Å². The largest absolute Gasteiger partial charge is 0.444 e. The van der Waals surface area contributed by atoms with Crippen LogP contribution < -0.4 is 10.6 Å². The highest BCUT2D eigenvalue weighted by atomic mass is 16.6. The first-order valence-corrected chi connectivity index (χ1v) is 8.56. The number of aliphatic hydroxyl groups excluding tert-OH is 1. The second-order valence-corrected chi connectivity index (χ2v) is 7.87. The highest BCUT2D eigenvalue weighted by molar-refractivity contribution is 5.68. The molecule has 0 aromatic heterocycles. The van der Waals surface area contributed by atoms with E-state index < -0.39 is 5.60 Å². The minimum Gasteiger partial charge on any atom is -0.444 e. The molecule has 1 atom stereocenters. The lowest BCUT2D eigenvalue weighted by Gasteiger charge is -2.33. The number of hydrogen-bond donors (Lipinski definition) is 3. The molecule has 0 aliphatic heterocycles. The Bertz CT molecular complexity index is 331. The molecule has 1 rings (SSSR count). The third-order valence-corrected chi connectivity index (χ3v) is 3.90. The Morgan fingerprint density at radius 2 is 1.73 bits per heavy atom. The summed E-state index contributed by atoms with van der Waals surface area (Å²) in [5, 5.41) is 16.0. The maximum Gasteiger partial charge on any atom is 0.407 e. The van der Waals surface area contributed by atoms with Crippen LogP contribution in [0, 0.1) is 5.92 Å². The van der Waals surface area contributed by atoms with Crippen molar-refractivity contribution >= 4 is 6.09 Å². The summed E-state index contributed by atoms with van der Waals surface area (Å²) < 4.78 is 5.29. The van der Waals surface area contributed by atoms with Gasteiger partial charge < -0.3 is 20.5 Å². The summed E-state index contributed by atoms with van der Waals surface area (Å²) in [5.41, 5.74) is -0.450. The van der Waals surface area contributed by atoms with Gasteiger partial charge in [-0.2, -0.15) is 0 Å². The van der Waals surface area contributed by atoms with Gasteiger partial charge >= 0.3 is 6.09 Å². The first kappa shape index (κ1) is 19.2. The average Bonchev–Trinajstić information content (AvgIpc) is 2.37. The van der Waals surface area contributed by atoms with Gasteiger partial charge in [-0.1, -0.05) is 13.8 Å². The predicted molar refractivity (Wildman–Crippen MR) is 88.9 cm³/mol. The zero-order valence-corrected chi connectivity index (χ0v) is 14.8. The predicted octanol–water partition coefficient (Wildman–Crippen LogP) is 2.82. The van der Waals surface area contributed by atoms with Crippen LogP contribution >= 0.6 is 0 Å². The molecule has 0 saturated heterocycles. The molecule has 0 bridgehead atoms. The van der Waals surface area contributed by atoms with Gasteiger partial charge in [0.05, 0.1) is 6.61 Å². The number of alkyl carbamates (subject to hydrolysis) is 1. The summed E-state index contributed by atoms with van der Waals surface area (Å²) in [7, 11) is 0. The van der Waals surface area contributed by atoms with Crippen LogP contribution in [0.25, 0.3) is 0 Å². The SMILES string of the molecule is CC(C)C[C@H](CO)NC1CCC(NC(=O)OC(C)(C)C)CC1. The standard InChI is InChI=1S/C17H34N2O3/c1-12(2)10-15(11-20)18-13-6-8-14(9-7-13)19-16(21)22-17(3,4)5/h12-15,18,20H,6-11H2,1-5H3,(H,19,21)/t13?,14?,15-/m1/s1. The van der Waals surface area contributed by atoms with Gasteiger partial charge in [0, 0.05) is 18.1 Å². The zero-order chi connectivity index (χ0) is 16.8. The van der Waals surface area contributed by atoms with Gasteiger partial charge in [-0.3, -0.25) is 0 Å². The Balaban J connectivity index is 2.29. The Labute approximate surface area is 135 Å². The van der Waals surface area contributed by atoms with Gasteiger partial charge in [0.1, 0.15) is 5.60 Å². The van der Waals surface area contributed by atoms with Crippen LogP contribution in [-0.4, -0.2) is 41.5 Å². The van der Waals surface area contributed by atoms with Crippen LogP contribution in [0.3, 0.4) is 0 Å². The van der Waals surface area contributed by atoms with E-state index in [9.17, 15) is 9.90 Å². The smallest absolute Gasteiger partial charge is 0.407 e. The second kappa shape index (κ2) is 8.73. The molecule has 0 heterocycles. The van der Waals surface area contributed by atoms with Crippen LogP contribution in [0.5, 0.6) is 0 Å². The Hall–Kier alpha value is -0.810. The minimum atomic E-state index is -0.450. The molecule has 1 saturated carbocycles. The van der Waals surface area contributed by atoms with Crippen molar-refractivity contribution in [2.45, 2.75) is 90.4 Å². The molecule has 0 unspecified atom stereocenters. The summed E-state index contributed by atoms with van der Waals surface area (Å²) in [6.07, 6.45) is 4.63. The Kier molecular flexibility index (Phi) is 7.63. The highest BCUT2D eigenvalue weighted by Gasteiger charge is 2.26. The van der Waals surface area contributed by atoms with Crippen molar-refractivity contribution in [2.24, 2.45) is 5.92 Å². The molecule has 1 fully saturated rings. The van der Waals surface area contributed by atoms with E-state index in [1.54, 1.807) is 0 Å². The lowest BCUT2D eigenvalue weighted by molar-refractivity contribution is 0.0488. The summed E-state index contributed by atoms with van der Waals surface area (Å²) in [6, 6.07) is 0.818. The number of carbonyl (C=O) groups excluding carboxylic acids is 1. The molecular formula is C17H34N2O3. The maximum absolute atomic E-state index is 11.8. The van der Waals surface area contributed by atoms with E-state index in [0.29, 0.717) is 12.0 Å². The molecular weight excluding hydrogens is 280 g/mol. The number of aliphatic hydroxyl groups is 1. The zero-order valence-electron chi connectivity index (χ0n) is 14.8. The lowest BCUT2D eigenvalue weighted by Crippen LogP contribution is -2.47. The van der Waals surface area contributed by atoms with E-state index in [4.69, 9.17) is 4.74 Å². The van der Waals surface area contributed by atoms with Gasteiger partial charge in [-0.25, -0.2) is 4.79 Å². The van der Waals surface area contributed by atoms with Crippen molar-refractivity contribution in [2.75, 3.05) is 6.61 Å². The fraction of sp³-hybridized carbons (Fsp3) is 0.941. The molecule has 5 heteroatoms. The van der Waals surface area contributed by atoms with Crippen LogP contribution in [-0.2, 0) is 4.74 Å². The molecule has 22 heavy (non-hydrogen) atoms. The number of hydrogen-bond acceptors (Lipinski definition) is 4. The third kappa shape index (κ3) is 7.99. The van der Waals surface area contributed by atoms with Crippen LogP contribution in [0.4, 0.5) is 4.79 Å². The van der Waals surface area contributed by atoms with E-state index in [1.165, 1.54) is 0 Å². The molecule has 0 aromatic rings. The number of carbonyl (C=O) groups is 1. The summed E-state index contributed by atoms with van der Waals surface area (Å²) in [4.78, 5) is 11.8. The fourth-order valence-electron chi connectivity index (χ4n) is 2.98. The first-order valence-electron chi connectivity index (χ1n) is 8.56. The Morgan fingerprint density at radius 1 is 1.18 bits per heavy atom. The molecule has 0 radical (unpaired) electrons. The van der Waals surface area contributed by atoms with Crippen molar-refractivity contribution in [3.05, 3.63) is 0 Å². The topological polar surface area (TPSA) is 70.6 Å². The number of nitrogens with one attached hydrogen (secondary N) is 2. The van der Waals surface area contributed by atoms with Gasteiger partial charge in [-0.15, -0.1) is 0 Å². The number of ether oxygens (including phenoxy) is 1. The number of amides is 1. The monoisotopic (exact) mass is 314 g/mol. The molecule has 1 aliphatic rings. The van der Waals surface area contributed by atoms with Crippen LogP contribution in [0.2, 0.25) is 0 Å². The lowest BCUT2D eigenvalue weighted by atomic mass is 9.90. The van der Waals surface area contributed by atoms with Crippen molar-refractivity contribution < 1.29 is 14.6 Å². The highest BCUT2D eigenvalue weighted by Crippen LogP contribution is 2.20. The number of rotatable bonds is 6. The van der Waals surface area contributed by atoms with Gasteiger partial charge in [0.2, 0.25) is 0 Å². The van der Waals surface area contributed by atoms with Crippen molar-refractivity contribution in [1.82, 2.24) is 10.6 Å². The van der Waals surface area contributed by atoms with E-state index >= 15 is 0 Å². The first-order chi connectivity index (χ1) is 10.2.